The summed E-state index contributed by atoms with van der Waals surface area (Å²) in [4.78, 5) is 20.5. The molecule has 1 fully saturated rings. The third-order valence-corrected chi connectivity index (χ3v) is 4.30. The second-order valence-electron chi connectivity index (χ2n) is 5.94. The molecule has 1 saturated carbocycles. The van der Waals surface area contributed by atoms with Gasteiger partial charge in [-0.2, -0.15) is 5.10 Å². The maximum atomic E-state index is 11.1. The lowest BCUT2D eigenvalue weighted by molar-refractivity contribution is -0.393. The second kappa shape index (κ2) is 6.68. The number of hydrazone groups is 1. The van der Waals surface area contributed by atoms with Gasteiger partial charge in [-0.15, -0.1) is 0 Å². The largest absolute Gasteiger partial charge is 0.301 e. The number of hydrogen-bond acceptors (Lipinski definition) is 6. The molecule has 1 aliphatic rings. The molecule has 0 aliphatic heterocycles. The van der Waals surface area contributed by atoms with Crippen molar-refractivity contribution >= 4 is 22.8 Å². The molecule has 0 radical (unpaired) electrons. The van der Waals surface area contributed by atoms with Crippen LogP contribution in [0.3, 0.4) is 0 Å². The molecule has 25 heavy (non-hydrogen) atoms. The van der Waals surface area contributed by atoms with Gasteiger partial charge >= 0.3 is 5.69 Å². The normalized spacial score (nSPS) is 19.3. The van der Waals surface area contributed by atoms with E-state index in [-0.39, 0.29) is 17.1 Å². The van der Waals surface area contributed by atoms with E-state index in [1.807, 2.05) is 25.1 Å². The van der Waals surface area contributed by atoms with Gasteiger partial charge in [-0.3, -0.25) is 25.7 Å². The fraction of sp³-hybridized carbons (Fsp3) is 0.235. The van der Waals surface area contributed by atoms with E-state index in [1.54, 1.807) is 0 Å². The summed E-state index contributed by atoms with van der Waals surface area (Å²) in [6, 6.07) is 13.6. The van der Waals surface area contributed by atoms with E-state index in [9.17, 15) is 20.2 Å². The minimum atomic E-state index is -0.667. The van der Waals surface area contributed by atoms with Crippen LogP contribution >= 0.6 is 0 Å². The van der Waals surface area contributed by atoms with Crippen LogP contribution in [0.5, 0.6) is 0 Å². The van der Waals surface area contributed by atoms with Gasteiger partial charge in [0.1, 0.15) is 5.69 Å². The number of nitrogens with zero attached hydrogens (tertiary/aromatic N) is 3. The average Bonchev–Trinajstić information content (AvgIpc) is 3.41. The van der Waals surface area contributed by atoms with Gasteiger partial charge in [-0.25, -0.2) is 0 Å². The van der Waals surface area contributed by atoms with E-state index >= 15 is 0 Å². The van der Waals surface area contributed by atoms with Crippen molar-refractivity contribution in [1.82, 2.24) is 0 Å². The minimum Gasteiger partial charge on any atom is -0.272 e. The molecule has 2 atom stereocenters. The topological polar surface area (TPSA) is 111 Å². The molecule has 2 aromatic carbocycles. The summed E-state index contributed by atoms with van der Waals surface area (Å²) in [5.74, 6) is 0.714. The zero-order valence-electron chi connectivity index (χ0n) is 13.5. The zero-order chi connectivity index (χ0) is 18.0. The zero-order valence-corrected chi connectivity index (χ0v) is 13.5. The molecule has 0 spiro atoms. The molecule has 0 aromatic heterocycles. The van der Waals surface area contributed by atoms with Crippen molar-refractivity contribution < 1.29 is 9.85 Å². The third-order valence-electron chi connectivity index (χ3n) is 4.30. The number of nitro groups is 2. The van der Waals surface area contributed by atoms with Gasteiger partial charge in [0.25, 0.3) is 5.69 Å². The Bertz CT molecular complexity index is 851. The van der Waals surface area contributed by atoms with Crippen molar-refractivity contribution in [3.63, 3.8) is 0 Å². The van der Waals surface area contributed by atoms with E-state index in [0.29, 0.717) is 11.8 Å². The highest BCUT2D eigenvalue weighted by atomic mass is 16.6. The predicted octanol–water partition coefficient (Wildman–Crippen LogP) is 4.09. The molecule has 2 aromatic rings. The average molecular weight is 340 g/mol. The van der Waals surface area contributed by atoms with Crippen LogP contribution < -0.4 is 5.43 Å². The smallest absolute Gasteiger partial charge is 0.272 e. The Labute approximate surface area is 143 Å². The summed E-state index contributed by atoms with van der Waals surface area (Å²) in [6.45, 7) is 1.87. The number of non-ortho nitro benzene ring substituents is 1. The van der Waals surface area contributed by atoms with Crippen molar-refractivity contribution in [3.05, 3.63) is 74.3 Å². The Kier molecular flexibility index (Phi) is 4.42. The van der Waals surface area contributed by atoms with Gasteiger partial charge in [0.2, 0.25) is 0 Å². The summed E-state index contributed by atoms with van der Waals surface area (Å²) in [5, 5.41) is 26.1. The van der Waals surface area contributed by atoms with Crippen LogP contribution in [0.25, 0.3) is 0 Å². The molecule has 8 nitrogen and oxygen atoms in total. The standard InChI is InChI=1S/C17H16N4O4/c1-11(14-10-15(14)12-5-3-2-4-6-12)18-19-16-8-7-13(20(22)23)9-17(16)21(24)25/h2-9,14-15,19H,10H2,1H3/b18-11+. The number of rotatable bonds is 6. The molecule has 8 heteroatoms. The predicted molar refractivity (Wildman–Crippen MR) is 93.8 cm³/mol. The number of nitro benzene ring substituents is 2. The monoisotopic (exact) mass is 340 g/mol. The second-order valence-corrected chi connectivity index (χ2v) is 5.94. The maximum absolute atomic E-state index is 11.1. The molecule has 0 heterocycles. The summed E-state index contributed by atoms with van der Waals surface area (Å²) in [5.41, 5.74) is 4.21. The highest BCUT2D eigenvalue weighted by Gasteiger charge is 2.40. The van der Waals surface area contributed by atoms with Crippen LogP contribution in [-0.2, 0) is 0 Å². The fourth-order valence-corrected chi connectivity index (χ4v) is 2.84. The highest BCUT2D eigenvalue weighted by Crippen LogP contribution is 2.48. The van der Waals surface area contributed by atoms with Crippen LogP contribution in [0, 0.1) is 26.1 Å². The number of anilines is 1. The van der Waals surface area contributed by atoms with Crippen LogP contribution in [-0.4, -0.2) is 15.6 Å². The minimum absolute atomic E-state index is 0.131. The molecular formula is C17H16N4O4. The van der Waals surface area contributed by atoms with Crippen molar-refractivity contribution in [3.8, 4) is 0 Å². The molecule has 0 bridgehead atoms. The van der Waals surface area contributed by atoms with Crippen molar-refractivity contribution in [2.24, 2.45) is 11.0 Å². The molecule has 0 saturated heterocycles. The molecule has 2 unspecified atom stereocenters. The van der Waals surface area contributed by atoms with Crippen LogP contribution in [0.15, 0.2) is 53.6 Å². The molecule has 3 rings (SSSR count). The maximum Gasteiger partial charge on any atom is 0.301 e. The van der Waals surface area contributed by atoms with Gasteiger partial charge in [0, 0.05) is 17.7 Å². The number of hydrogen-bond donors (Lipinski definition) is 1. The summed E-state index contributed by atoms with van der Waals surface area (Å²) in [7, 11) is 0. The van der Waals surface area contributed by atoms with Gasteiger partial charge < -0.3 is 0 Å². The van der Waals surface area contributed by atoms with Crippen molar-refractivity contribution in [2.75, 3.05) is 5.43 Å². The molecular weight excluding hydrogens is 324 g/mol. The van der Waals surface area contributed by atoms with Gasteiger partial charge in [-0.05, 0) is 30.9 Å². The number of benzene rings is 2. The van der Waals surface area contributed by atoms with Crippen LogP contribution in [0.1, 0.15) is 24.8 Å². The quantitative estimate of drug-likeness (QED) is 0.483. The molecule has 0 amide bonds. The first-order valence-corrected chi connectivity index (χ1v) is 7.75. The first kappa shape index (κ1) is 16.6. The van der Waals surface area contributed by atoms with Gasteiger partial charge in [0.05, 0.1) is 15.9 Å². The number of nitrogens with one attached hydrogen (secondary N) is 1. The SMILES string of the molecule is C/C(=N\Nc1ccc([N+](=O)[O-])cc1[N+](=O)[O-])C1CC1c1ccccc1. The Morgan fingerprint density at radius 3 is 2.48 bits per heavy atom. The van der Waals surface area contributed by atoms with Gasteiger partial charge in [0.15, 0.2) is 0 Å². The van der Waals surface area contributed by atoms with Crippen LogP contribution in [0.2, 0.25) is 0 Å². The van der Waals surface area contributed by atoms with Crippen molar-refractivity contribution in [2.45, 2.75) is 19.3 Å². The lowest BCUT2D eigenvalue weighted by Gasteiger charge is -2.04. The summed E-state index contributed by atoms with van der Waals surface area (Å²) >= 11 is 0. The third kappa shape index (κ3) is 3.63. The van der Waals surface area contributed by atoms with E-state index in [4.69, 9.17) is 0 Å². The first-order chi connectivity index (χ1) is 12.0. The molecule has 128 valence electrons. The lowest BCUT2D eigenvalue weighted by atomic mass is 10.1. The van der Waals surface area contributed by atoms with E-state index in [1.165, 1.54) is 17.7 Å². The van der Waals surface area contributed by atoms with Crippen LogP contribution in [0.4, 0.5) is 17.1 Å². The Morgan fingerprint density at radius 2 is 1.84 bits per heavy atom. The first-order valence-electron chi connectivity index (χ1n) is 7.75. The summed E-state index contributed by atoms with van der Waals surface area (Å²) < 4.78 is 0. The molecule has 1 N–H and O–H groups in total. The highest BCUT2D eigenvalue weighted by molar-refractivity contribution is 5.89. The van der Waals surface area contributed by atoms with Gasteiger partial charge in [-0.1, -0.05) is 30.3 Å². The van der Waals surface area contributed by atoms with E-state index in [2.05, 4.69) is 22.7 Å². The summed E-state index contributed by atoms with van der Waals surface area (Å²) in [6.07, 6.45) is 0.989. The van der Waals surface area contributed by atoms with Crippen molar-refractivity contribution in [1.29, 1.82) is 0 Å². The fourth-order valence-electron chi connectivity index (χ4n) is 2.84. The van der Waals surface area contributed by atoms with E-state index < -0.39 is 9.85 Å². The lowest BCUT2D eigenvalue weighted by Crippen LogP contribution is -2.03. The molecule has 1 aliphatic carbocycles. The Morgan fingerprint density at radius 1 is 1.12 bits per heavy atom. The Hall–Kier alpha value is -3.29. The van der Waals surface area contributed by atoms with E-state index in [0.717, 1.165) is 18.2 Å². The Balaban J connectivity index is 1.74.